The standard InChI is InChI=1S/C23H29N3O4S2/c1-17-7-8-18(2)21(15-17)30-16-22(27)25-23(31)24-19-9-11-20(12-10-19)32(28,29)26-13-5-3-4-6-14-26/h7-12,15H,3-6,13-14,16H2,1-2H3,(H2,24,25,27,31). The summed E-state index contributed by atoms with van der Waals surface area (Å²) in [4.78, 5) is 12.4. The van der Waals surface area contributed by atoms with Crippen molar-refractivity contribution in [1.29, 1.82) is 0 Å². The summed E-state index contributed by atoms with van der Waals surface area (Å²) in [6.07, 6.45) is 3.90. The fourth-order valence-corrected chi connectivity index (χ4v) is 5.22. The highest BCUT2D eigenvalue weighted by atomic mass is 32.2. The van der Waals surface area contributed by atoms with Crippen LogP contribution in [0, 0.1) is 13.8 Å². The number of carbonyl (C=O) groups is 1. The molecule has 9 heteroatoms. The summed E-state index contributed by atoms with van der Waals surface area (Å²) in [6, 6.07) is 12.2. The minimum Gasteiger partial charge on any atom is -0.483 e. The number of rotatable bonds is 6. The molecule has 1 amide bonds. The molecule has 1 aliphatic heterocycles. The molecule has 3 rings (SSSR count). The average Bonchev–Trinajstić information content (AvgIpc) is 3.05. The van der Waals surface area contributed by atoms with Crippen molar-refractivity contribution in [3.8, 4) is 5.75 Å². The summed E-state index contributed by atoms with van der Waals surface area (Å²) in [6.45, 7) is 4.82. The van der Waals surface area contributed by atoms with E-state index in [0.717, 1.165) is 36.8 Å². The van der Waals surface area contributed by atoms with Crippen molar-refractivity contribution >= 4 is 38.9 Å². The summed E-state index contributed by atoms with van der Waals surface area (Å²) < 4.78 is 32.9. The lowest BCUT2D eigenvalue weighted by molar-refractivity contribution is -0.121. The fraction of sp³-hybridized carbons (Fsp3) is 0.391. The molecular weight excluding hydrogens is 446 g/mol. The highest BCUT2D eigenvalue weighted by Gasteiger charge is 2.24. The van der Waals surface area contributed by atoms with Crippen LogP contribution in [-0.2, 0) is 14.8 Å². The molecule has 7 nitrogen and oxygen atoms in total. The molecule has 0 aliphatic carbocycles. The maximum Gasteiger partial charge on any atom is 0.264 e. The Morgan fingerprint density at radius 2 is 1.69 bits per heavy atom. The number of nitrogens with one attached hydrogen (secondary N) is 2. The van der Waals surface area contributed by atoms with Gasteiger partial charge in [-0.25, -0.2) is 8.42 Å². The van der Waals surface area contributed by atoms with E-state index in [1.165, 1.54) is 0 Å². The van der Waals surface area contributed by atoms with E-state index in [9.17, 15) is 13.2 Å². The third-order valence-electron chi connectivity index (χ3n) is 5.27. The molecule has 2 aromatic carbocycles. The van der Waals surface area contributed by atoms with Crippen molar-refractivity contribution in [3.63, 3.8) is 0 Å². The van der Waals surface area contributed by atoms with Crippen molar-refractivity contribution in [1.82, 2.24) is 9.62 Å². The van der Waals surface area contributed by atoms with Gasteiger partial charge in [0.25, 0.3) is 5.91 Å². The average molecular weight is 476 g/mol. The number of hydrogen-bond donors (Lipinski definition) is 2. The number of ether oxygens (including phenoxy) is 1. The predicted molar refractivity (Wildman–Crippen MR) is 129 cm³/mol. The van der Waals surface area contributed by atoms with E-state index < -0.39 is 10.0 Å². The second-order valence-corrected chi connectivity index (χ2v) is 10.2. The maximum atomic E-state index is 12.9. The van der Waals surface area contributed by atoms with Crippen molar-refractivity contribution in [2.75, 3.05) is 25.0 Å². The molecule has 0 spiro atoms. The zero-order valence-electron chi connectivity index (χ0n) is 18.4. The van der Waals surface area contributed by atoms with Gasteiger partial charge in [-0.3, -0.25) is 10.1 Å². The second kappa shape index (κ2) is 10.9. The van der Waals surface area contributed by atoms with Crippen LogP contribution in [0.15, 0.2) is 47.4 Å². The molecule has 0 unspecified atom stereocenters. The topological polar surface area (TPSA) is 87.7 Å². The third kappa shape index (κ3) is 6.51. The van der Waals surface area contributed by atoms with Crippen molar-refractivity contribution in [2.24, 2.45) is 0 Å². The smallest absolute Gasteiger partial charge is 0.264 e. The quantitative estimate of drug-likeness (QED) is 0.619. The lowest BCUT2D eigenvalue weighted by Gasteiger charge is -2.20. The number of benzene rings is 2. The van der Waals surface area contributed by atoms with Gasteiger partial charge in [0.05, 0.1) is 4.90 Å². The molecule has 1 fully saturated rings. The van der Waals surface area contributed by atoms with E-state index in [1.807, 2.05) is 32.0 Å². The molecule has 1 saturated heterocycles. The van der Waals surface area contributed by atoms with Gasteiger partial charge in [0.15, 0.2) is 11.7 Å². The molecule has 0 atom stereocenters. The van der Waals surface area contributed by atoms with E-state index in [4.69, 9.17) is 17.0 Å². The molecule has 172 valence electrons. The highest BCUT2D eigenvalue weighted by Crippen LogP contribution is 2.22. The Labute approximate surface area is 195 Å². The number of thiocarbonyl (C=S) groups is 1. The summed E-state index contributed by atoms with van der Waals surface area (Å²) in [5.74, 6) is 0.268. The molecule has 0 bridgehead atoms. The SMILES string of the molecule is Cc1ccc(C)c(OCC(=O)NC(=S)Nc2ccc(S(=O)(=O)N3CCCCCC3)cc2)c1. The van der Waals surface area contributed by atoms with E-state index >= 15 is 0 Å². The number of carbonyl (C=O) groups excluding carboxylic acids is 1. The molecule has 0 saturated carbocycles. The van der Waals surface area contributed by atoms with E-state index in [0.29, 0.717) is 24.5 Å². The number of hydrogen-bond acceptors (Lipinski definition) is 5. The zero-order valence-corrected chi connectivity index (χ0v) is 20.0. The summed E-state index contributed by atoms with van der Waals surface area (Å²) in [7, 11) is -3.50. The van der Waals surface area contributed by atoms with Crippen LogP contribution in [0.25, 0.3) is 0 Å². The van der Waals surface area contributed by atoms with Gasteiger partial charge in [-0.2, -0.15) is 4.31 Å². The van der Waals surface area contributed by atoms with Gasteiger partial charge < -0.3 is 10.1 Å². The Morgan fingerprint density at radius 3 is 2.34 bits per heavy atom. The summed E-state index contributed by atoms with van der Waals surface area (Å²) >= 11 is 5.19. The first kappa shape index (κ1) is 24.2. The molecule has 1 heterocycles. The maximum absolute atomic E-state index is 12.9. The molecular formula is C23H29N3O4S2. The van der Waals surface area contributed by atoms with Gasteiger partial charge in [-0.05, 0) is 80.4 Å². The second-order valence-electron chi connectivity index (χ2n) is 7.90. The van der Waals surface area contributed by atoms with Gasteiger partial charge in [-0.15, -0.1) is 0 Å². The van der Waals surface area contributed by atoms with Crippen LogP contribution in [-0.4, -0.2) is 43.4 Å². The lowest BCUT2D eigenvalue weighted by Crippen LogP contribution is -2.37. The largest absolute Gasteiger partial charge is 0.483 e. The Bertz CT molecular complexity index is 1060. The summed E-state index contributed by atoms with van der Waals surface area (Å²) in [5, 5.41) is 5.57. The number of nitrogens with zero attached hydrogens (tertiary/aromatic N) is 1. The number of aryl methyl sites for hydroxylation is 2. The van der Waals surface area contributed by atoms with Crippen LogP contribution in [0.3, 0.4) is 0 Å². The van der Waals surface area contributed by atoms with E-state index in [1.54, 1.807) is 28.6 Å². The van der Waals surface area contributed by atoms with Crippen LogP contribution < -0.4 is 15.4 Å². The van der Waals surface area contributed by atoms with Crippen LogP contribution >= 0.6 is 12.2 Å². The van der Waals surface area contributed by atoms with Crippen LogP contribution in [0.1, 0.15) is 36.8 Å². The molecule has 0 radical (unpaired) electrons. The Hall–Kier alpha value is -2.49. The third-order valence-corrected chi connectivity index (χ3v) is 7.39. The van der Waals surface area contributed by atoms with Crippen molar-refractivity contribution in [3.05, 3.63) is 53.6 Å². The Kier molecular flexibility index (Phi) is 8.22. The molecule has 1 aliphatic rings. The first-order chi connectivity index (χ1) is 15.3. The van der Waals surface area contributed by atoms with Crippen LogP contribution in [0.2, 0.25) is 0 Å². The fourth-order valence-electron chi connectivity index (χ4n) is 3.47. The first-order valence-electron chi connectivity index (χ1n) is 10.7. The monoisotopic (exact) mass is 475 g/mol. The van der Waals surface area contributed by atoms with Gasteiger partial charge in [0, 0.05) is 18.8 Å². The zero-order chi connectivity index (χ0) is 23.1. The van der Waals surface area contributed by atoms with Gasteiger partial charge in [-0.1, -0.05) is 25.0 Å². The number of amides is 1. The minimum absolute atomic E-state index is 0.114. The highest BCUT2D eigenvalue weighted by molar-refractivity contribution is 7.89. The normalized spacial score (nSPS) is 14.9. The van der Waals surface area contributed by atoms with Crippen LogP contribution in [0.5, 0.6) is 5.75 Å². The number of sulfonamides is 1. The van der Waals surface area contributed by atoms with Crippen molar-refractivity contribution < 1.29 is 17.9 Å². The number of anilines is 1. The first-order valence-corrected chi connectivity index (χ1v) is 12.5. The summed E-state index contributed by atoms with van der Waals surface area (Å²) in [5.41, 5.74) is 2.57. The molecule has 2 N–H and O–H groups in total. The van der Waals surface area contributed by atoms with Crippen LogP contribution in [0.4, 0.5) is 5.69 Å². The predicted octanol–water partition coefficient (Wildman–Crippen LogP) is 3.76. The Balaban J connectivity index is 1.52. The molecule has 32 heavy (non-hydrogen) atoms. The minimum atomic E-state index is -3.50. The van der Waals surface area contributed by atoms with Crippen molar-refractivity contribution in [2.45, 2.75) is 44.4 Å². The Morgan fingerprint density at radius 1 is 1.03 bits per heavy atom. The van der Waals surface area contributed by atoms with E-state index in [-0.39, 0.29) is 22.5 Å². The molecule has 2 aromatic rings. The lowest BCUT2D eigenvalue weighted by atomic mass is 10.1. The van der Waals surface area contributed by atoms with E-state index in [2.05, 4.69) is 10.6 Å². The van der Waals surface area contributed by atoms with Gasteiger partial charge >= 0.3 is 0 Å². The molecule has 0 aromatic heterocycles. The van der Waals surface area contributed by atoms with Gasteiger partial charge in [0.1, 0.15) is 5.75 Å². The van der Waals surface area contributed by atoms with Gasteiger partial charge in [0.2, 0.25) is 10.0 Å².